The number of aryl methyl sites for hydroxylation is 1. The molecule has 2 aliphatic rings. The monoisotopic (exact) mass is 386 g/mol. The lowest BCUT2D eigenvalue weighted by Gasteiger charge is -2.16. The van der Waals surface area contributed by atoms with E-state index in [4.69, 9.17) is 5.10 Å². The van der Waals surface area contributed by atoms with Crippen LogP contribution in [-0.4, -0.2) is 28.3 Å². The highest BCUT2D eigenvalue weighted by Crippen LogP contribution is 2.24. The molecule has 2 aliphatic heterocycles. The van der Waals surface area contributed by atoms with Crippen LogP contribution in [0.15, 0.2) is 60.8 Å². The van der Waals surface area contributed by atoms with Gasteiger partial charge < -0.3 is 10.2 Å². The van der Waals surface area contributed by atoms with Crippen LogP contribution in [0.2, 0.25) is 0 Å². The van der Waals surface area contributed by atoms with Gasteiger partial charge in [0.15, 0.2) is 0 Å². The first kappa shape index (κ1) is 18.1. The molecular weight excluding hydrogens is 360 g/mol. The quantitative estimate of drug-likeness (QED) is 0.745. The Bertz CT molecular complexity index is 968. The Morgan fingerprint density at radius 3 is 2.55 bits per heavy atom. The number of fused-ring (bicyclic) bond motifs is 1. The minimum atomic E-state index is 0.222. The third-order valence-corrected chi connectivity index (χ3v) is 6.02. The molecule has 1 aromatic heterocycles. The summed E-state index contributed by atoms with van der Waals surface area (Å²) in [6, 6.07) is 19.3. The normalized spacial score (nSPS) is 19.2. The highest BCUT2D eigenvalue weighted by Gasteiger charge is 2.22. The van der Waals surface area contributed by atoms with E-state index in [1.165, 1.54) is 11.1 Å². The number of benzene rings is 2. The average Bonchev–Trinajstić information content (AvgIpc) is 3.32. The molecule has 5 heteroatoms. The molecule has 2 aromatic carbocycles. The third-order valence-electron chi connectivity index (χ3n) is 6.02. The highest BCUT2D eigenvalue weighted by atomic mass is 16.2. The zero-order valence-electron chi connectivity index (χ0n) is 16.6. The number of hydrogen-bond acceptors (Lipinski definition) is 3. The van der Waals surface area contributed by atoms with Crippen molar-refractivity contribution in [1.29, 1.82) is 0 Å². The Morgan fingerprint density at radius 2 is 1.79 bits per heavy atom. The van der Waals surface area contributed by atoms with E-state index < -0.39 is 0 Å². The summed E-state index contributed by atoms with van der Waals surface area (Å²) in [7, 11) is 0. The molecule has 3 heterocycles. The van der Waals surface area contributed by atoms with Gasteiger partial charge in [-0.05, 0) is 61.1 Å². The zero-order valence-corrected chi connectivity index (χ0v) is 16.6. The van der Waals surface area contributed by atoms with Crippen LogP contribution >= 0.6 is 0 Å². The van der Waals surface area contributed by atoms with Gasteiger partial charge in [-0.2, -0.15) is 5.10 Å². The minimum Gasteiger partial charge on any atom is -0.312 e. The molecule has 148 valence electrons. The van der Waals surface area contributed by atoms with E-state index in [2.05, 4.69) is 54.0 Å². The van der Waals surface area contributed by atoms with Crippen LogP contribution in [0.4, 0.5) is 5.69 Å². The maximum absolute atomic E-state index is 11.9. The van der Waals surface area contributed by atoms with Crippen molar-refractivity contribution in [2.45, 2.75) is 44.7 Å². The summed E-state index contributed by atoms with van der Waals surface area (Å²) in [6.07, 6.45) is 6.99. The second-order valence-corrected chi connectivity index (χ2v) is 8.02. The summed E-state index contributed by atoms with van der Waals surface area (Å²) in [6.45, 7) is 1.63. The van der Waals surface area contributed by atoms with Crippen LogP contribution in [0.3, 0.4) is 0 Å². The smallest absolute Gasteiger partial charge is 0.227 e. The Labute approximate surface area is 171 Å². The van der Waals surface area contributed by atoms with Crippen molar-refractivity contribution in [3.63, 3.8) is 0 Å². The Morgan fingerprint density at radius 1 is 1.00 bits per heavy atom. The van der Waals surface area contributed by atoms with Gasteiger partial charge in [0.05, 0.1) is 11.4 Å². The van der Waals surface area contributed by atoms with E-state index in [1.54, 1.807) is 0 Å². The number of nitrogens with zero attached hydrogens (tertiary/aromatic N) is 3. The minimum absolute atomic E-state index is 0.222. The Balaban J connectivity index is 1.27. The molecule has 1 amide bonds. The summed E-state index contributed by atoms with van der Waals surface area (Å²) in [5, 5.41) is 8.52. The van der Waals surface area contributed by atoms with E-state index in [1.807, 2.05) is 21.7 Å². The molecule has 1 atom stereocenters. The van der Waals surface area contributed by atoms with Crippen molar-refractivity contribution in [2.24, 2.45) is 0 Å². The van der Waals surface area contributed by atoms with Gasteiger partial charge in [0.1, 0.15) is 0 Å². The van der Waals surface area contributed by atoms with Crippen LogP contribution in [0.1, 0.15) is 36.1 Å². The number of rotatable bonds is 4. The second-order valence-electron chi connectivity index (χ2n) is 8.02. The molecule has 1 saturated heterocycles. The molecule has 0 saturated carbocycles. The van der Waals surface area contributed by atoms with Gasteiger partial charge in [0.25, 0.3) is 0 Å². The van der Waals surface area contributed by atoms with Crippen molar-refractivity contribution in [1.82, 2.24) is 15.1 Å². The number of anilines is 1. The molecular formula is C24H26N4O. The number of hydrogen-bond donors (Lipinski definition) is 1. The van der Waals surface area contributed by atoms with Gasteiger partial charge >= 0.3 is 0 Å². The van der Waals surface area contributed by atoms with Crippen molar-refractivity contribution >= 4 is 11.6 Å². The number of amides is 1. The summed E-state index contributed by atoms with van der Waals surface area (Å²) in [5.74, 6) is 0.222. The first-order valence-electron chi connectivity index (χ1n) is 10.5. The van der Waals surface area contributed by atoms with Crippen LogP contribution in [0.5, 0.6) is 0 Å². The number of nitrogens with one attached hydrogen (secondary N) is 1. The largest absolute Gasteiger partial charge is 0.312 e. The summed E-state index contributed by atoms with van der Waals surface area (Å²) < 4.78 is 1.97. The fourth-order valence-corrected chi connectivity index (χ4v) is 4.39. The lowest BCUT2D eigenvalue weighted by atomic mass is 10.0. The molecule has 29 heavy (non-hydrogen) atoms. The summed E-state index contributed by atoms with van der Waals surface area (Å²) >= 11 is 0. The highest BCUT2D eigenvalue weighted by molar-refractivity contribution is 5.95. The summed E-state index contributed by atoms with van der Waals surface area (Å²) in [4.78, 5) is 13.8. The van der Waals surface area contributed by atoms with E-state index in [-0.39, 0.29) is 5.91 Å². The number of carbonyl (C=O) groups is 1. The Hall–Kier alpha value is -2.92. The van der Waals surface area contributed by atoms with Gasteiger partial charge in [0, 0.05) is 37.4 Å². The predicted octanol–water partition coefficient (Wildman–Crippen LogP) is 3.65. The van der Waals surface area contributed by atoms with E-state index in [9.17, 15) is 4.79 Å². The molecule has 5 nitrogen and oxygen atoms in total. The standard InChI is InChI=1S/C24H26N4O/c29-24-7-4-14-27(24)21-10-12-22(13-11-21)28-17-19-8-9-20(25-16-23(19)26-28)15-18-5-2-1-3-6-18/h1-3,5-6,10-13,17,20,25H,4,7-9,14-16H2. The predicted molar refractivity (Wildman–Crippen MR) is 114 cm³/mol. The third kappa shape index (κ3) is 3.83. The van der Waals surface area contributed by atoms with Gasteiger partial charge in [-0.3, -0.25) is 4.79 Å². The molecule has 5 rings (SSSR count). The van der Waals surface area contributed by atoms with Crippen LogP contribution < -0.4 is 10.2 Å². The van der Waals surface area contributed by atoms with Crippen LogP contribution in [0, 0.1) is 0 Å². The lowest BCUT2D eigenvalue weighted by molar-refractivity contribution is -0.117. The van der Waals surface area contributed by atoms with Crippen molar-refractivity contribution in [2.75, 3.05) is 11.4 Å². The topological polar surface area (TPSA) is 50.2 Å². The van der Waals surface area contributed by atoms with Gasteiger partial charge in [-0.1, -0.05) is 30.3 Å². The Kier molecular flexibility index (Phi) is 4.90. The molecule has 0 radical (unpaired) electrons. The van der Waals surface area contributed by atoms with Gasteiger partial charge in [-0.25, -0.2) is 4.68 Å². The number of carbonyl (C=O) groups excluding carboxylic acids is 1. The van der Waals surface area contributed by atoms with E-state index >= 15 is 0 Å². The first-order valence-corrected chi connectivity index (χ1v) is 10.5. The van der Waals surface area contributed by atoms with Gasteiger partial charge in [-0.15, -0.1) is 0 Å². The maximum Gasteiger partial charge on any atom is 0.227 e. The van der Waals surface area contributed by atoms with E-state index in [0.717, 1.165) is 55.8 Å². The molecule has 1 unspecified atom stereocenters. The van der Waals surface area contributed by atoms with Gasteiger partial charge in [0.2, 0.25) is 5.91 Å². The van der Waals surface area contributed by atoms with Crippen LogP contribution in [-0.2, 0) is 24.2 Å². The van der Waals surface area contributed by atoms with Crippen molar-refractivity contribution in [3.05, 3.63) is 77.6 Å². The SMILES string of the molecule is O=C1CCCN1c1ccc(-n2cc3c(n2)CNC(Cc2ccccc2)CC3)cc1. The zero-order chi connectivity index (χ0) is 19.6. The van der Waals surface area contributed by atoms with E-state index in [0.29, 0.717) is 12.5 Å². The molecule has 3 aromatic rings. The lowest BCUT2D eigenvalue weighted by Crippen LogP contribution is -2.29. The molecule has 0 spiro atoms. The fourth-order valence-electron chi connectivity index (χ4n) is 4.39. The average molecular weight is 386 g/mol. The molecule has 0 aliphatic carbocycles. The van der Waals surface area contributed by atoms with Crippen molar-refractivity contribution < 1.29 is 4.79 Å². The first-order chi connectivity index (χ1) is 14.3. The van der Waals surface area contributed by atoms with Crippen LogP contribution in [0.25, 0.3) is 5.69 Å². The number of aromatic nitrogens is 2. The van der Waals surface area contributed by atoms with Crippen molar-refractivity contribution in [3.8, 4) is 5.69 Å². The molecule has 1 fully saturated rings. The maximum atomic E-state index is 11.9. The fraction of sp³-hybridized carbons (Fsp3) is 0.333. The molecule has 0 bridgehead atoms. The summed E-state index contributed by atoms with van der Waals surface area (Å²) in [5.41, 5.74) is 5.86. The second kappa shape index (κ2) is 7.84. The molecule has 1 N–H and O–H groups in total.